The quantitative estimate of drug-likeness (QED) is 0.715. The first-order valence-corrected chi connectivity index (χ1v) is 12.4. The predicted octanol–water partition coefficient (Wildman–Crippen LogP) is 3.11. The minimum atomic E-state index is -3.93. The van der Waals surface area contributed by atoms with Crippen LogP contribution in [0.3, 0.4) is 0 Å². The molecule has 2 heterocycles. The third-order valence-corrected chi connectivity index (χ3v) is 8.24. The van der Waals surface area contributed by atoms with Crippen LogP contribution < -0.4 is 13.8 Å². The van der Waals surface area contributed by atoms with Gasteiger partial charge in [0.05, 0.1) is 23.7 Å². The summed E-state index contributed by atoms with van der Waals surface area (Å²) in [6.45, 7) is 4.04. The minimum Gasteiger partial charge on any atom is -0.497 e. The molecule has 0 radical (unpaired) electrons. The van der Waals surface area contributed by atoms with Crippen LogP contribution in [-0.4, -0.2) is 56.7 Å². The van der Waals surface area contributed by atoms with E-state index in [1.807, 2.05) is 0 Å². The van der Waals surface area contributed by atoms with E-state index in [-0.39, 0.29) is 10.8 Å². The van der Waals surface area contributed by atoms with Crippen LogP contribution in [0.2, 0.25) is 0 Å². The van der Waals surface area contributed by atoms with Gasteiger partial charge in [-0.25, -0.2) is 8.42 Å². The molecule has 2 atom stereocenters. The average Bonchev–Trinajstić information content (AvgIpc) is 2.79. The number of hydrogen-bond acceptors (Lipinski definition) is 6. The molecule has 178 valence electrons. The van der Waals surface area contributed by atoms with E-state index in [0.717, 1.165) is 12.8 Å². The van der Waals surface area contributed by atoms with E-state index in [2.05, 4.69) is 0 Å². The van der Waals surface area contributed by atoms with E-state index in [4.69, 9.17) is 9.47 Å². The Bertz CT molecular complexity index is 1160. The van der Waals surface area contributed by atoms with E-state index in [0.29, 0.717) is 35.7 Å². The van der Waals surface area contributed by atoms with Crippen molar-refractivity contribution in [3.05, 3.63) is 48.0 Å². The maximum absolute atomic E-state index is 13.5. The van der Waals surface area contributed by atoms with E-state index >= 15 is 0 Å². The maximum Gasteiger partial charge on any atom is 0.264 e. The lowest BCUT2D eigenvalue weighted by molar-refractivity contribution is -0.147. The fraction of sp³-hybridized carbons (Fsp3) is 0.458. The number of ether oxygens (including phenoxy) is 2. The second-order valence-corrected chi connectivity index (χ2v) is 11.0. The Labute approximate surface area is 194 Å². The second kappa shape index (κ2) is 8.53. The number of benzene rings is 2. The number of piperidine rings is 1. The Balaban J connectivity index is 1.78. The topological polar surface area (TPSA) is 96.4 Å². The van der Waals surface area contributed by atoms with Crippen molar-refractivity contribution in [1.29, 1.82) is 0 Å². The van der Waals surface area contributed by atoms with Crippen LogP contribution in [0, 0.1) is 0 Å². The molecule has 2 aromatic rings. The fourth-order valence-corrected chi connectivity index (χ4v) is 5.69. The van der Waals surface area contributed by atoms with Crippen LogP contribution in [0.5, 0.6) is 11.5 Å². The molecule has 1 fully saturated rings. The van der Waals surface area contributed by atoms with Crippen molar-refractivity contribution in [3.8, 4) is 11.5 Å². The molecule has 2 aliphatic heterocycles. The zero-order valence-electron chi connectivity index (χ0n) is 19.3. The van der Waals surface area contributed by atoms with Crippen molar-refractivity contribution >= 4 is 21.6 Å². The number of likely N-dealkylation sites (tertiary alicyclic amines) is 1. The Morgan fingerprint density at radius 3 is 2.64 bits per heavy atom. The molecule has 0 aromatic heterocycles. The van der Waals surface area contributed by atoms with Crippen LogP contribution in [0.4, 0.5) is 5.69 Å². The van der Waals surface area contributed by atoms with Gasteiger partial charge in [-0.05, 0) is 57.0 Å². The van der Waals surface area contributed by atoms with Gasteiger partial charge in [-0.15, -0.1) is 0 Å². The van der Waals surface area contributed by atoms with Crippen molar-refractivity contribution in [1.82, 2.24) is 4.90 Å². The largest absolute Gasteiger partial charge is 0.497 e. The van der Waals surface area contributed by atoms with Gasteiger partial charge in [0.2, 0.25) is 5.91 Å². The summed E-state index contributed by atoms with van der Waals surface area (Å²) in [7, 11) is -0.932. The van der Waals surface area contributed by atoms with E-state index in [1.165, 1.54) is 30.6 Å². The number of anilines is 1. The number of sulfonamides is 1. The standard InChI is InChI=1S/C24H30N2O6S/c1-24(2)23(28)22(26-13-6-5-10-21(26)27)19-15-18(11-12-20(19)32-24)33(29,30)25(3)16-8-7-9-17(14-16)31-4/h7-9,11-12,14-15,22-23,28H,5-6,10,13H2,1-4H3. The fourth-order valence-electron chi connectivity index (χ4n) is 4.47. The Hall–Kier alpha value is -2.78. The van der Waals surface area contributed by atoms with Gasteiger partial charge < -0.3 is 19.5 Å². The van der Waals surface area contributed by atoms with Gasteiger partial charge in [-0.3, -0.25) is 9.10 Å². The third-order valence-electron chi connectivity index (χ3n) is 6.46. The number of aliphatic hydroxyl groups excluding tert-OH is 1. The number of fused-ring (bicyclic) bond motifs is 1. The molecule has 2 unspecified atom stereocenters. The first-order chi connectivity index (χ1) is 15.6. The number of nitrogens with zero attached hydrogens (tertiary/aromatic N) is 2. The summed E-state index contributed by atoms with van der Waals surface area (Å²) in [5.74, 6) is 0.967. The van der Waals surface area contributed by atoms with Crippen LogP contribution >= 0.6 is 0 Å². The van der Waals surface area contributed by atoms with Crippen molar-refractivity contribution in [2.75, 3.05) is 25.0 Å². The van der Waals surface area contributed by atoms with E-state index in [1.54, 1.807) is 49.1 Å². The molecule has 1 N–H and O–H groups in total. The normalized spacial score (nSPS) is 22.3. The summed E-state index contributed by atoms with van der Waals surface area (Å²) < 4.78 is 39.4. The van der Waals surface area contributed by atoms with E-state index < -0.39 is 27.8 Å². The minimum absolute atomic E-state index is 0.0456. The van der Waals surface area contributed by atoms with Gasteiger partial charge in [0, 0.05) is 31.6 Å². The number of carbonyl (C=O) groups excluding carboxylic acids is 1. The highest BCUT2D eigenvalue weighted by Crippen LogP contribution is 2.45. The number of amides is 1. The number of hydrogen-bond donors (Lipinski definition) is 1. The summed E-state index contributed by atoms with van der Waals surface area (Å²) >= 11 is 0. The van der Waals surface area contributed by atoms with Crippen molar-refractivity contribution < 1.29 is 27.8 Å². The molecule has 1 saturated heterocycles. The molecule has 2 aliphatic rings. The number of rotatable bonds is 5. The third kappa shape index (κ3) is 4.15. The molecule has 9 heteroatoms. The molecule has 0 bridgehead atoms. The molecule has 33 heavy (non-hydrogen) atoms. The van der Waals surface area contributed by atoms with Gasteiger partial charge in [-0.1, -0.05) is 6.07 Å². The zero-order chi connectivity index (χ0) is 24.0. The highest BCUT2D eigenvalue weighted by Gasteiger charge is 2.47. The van der Waals surface area contributed by atoms with Gasteiger partial charge in [0.1, 0.15) is 23.2 Å². The smallest absolute Gasteiger partial charge is 0.264 e. The van der Waals surface area contributed by atoms with Crippen molar-refractivity contribution in [2.45, 2.75) is 55.8 Å². The highest BCUT2D eigenvalue weighted by atomic mass is 32.2. The summed E-state index contributed by atoms with van der Waals surface area (Å²) in [5.41, 5.74) is 0.0112. The summed E-state index contributed by atoms with van der Waals surface area (Å²) in [6.07, 6.45) is 1.05. The van der Waals surface area contributed by atoms with Gasteiger partial charge in [-0.2, -0.15) is 0 Å². The van der Waals surface area contributed by atoms with Crippen molar-refractivity contribution in [2.24, 2.45) is 0 Å². The number of carbonyl (C=O) groups is 1. The SMILES string of the molecule is COc1cccc(N(C)S(=O)(=O)c2ccc3c(c2)C(N2CCCCC2=O)C(O)C(C)(C)O3)c1. The maximum atomic E-state index is 13.5. The number of aliphatic hydroxyl groups is 1. The van der Waals surface area contributed by atoms with Crippen LogP contribution in [0.15, 0.2) is 47.4 Å². The highest BCUT2D eigenvalue weighted by molar-refractivity contribution is 7.92. The van der Waals surface area contributed by atoms with Crippen LogP contribution in [0.25, 0.3) is 0 Å². The Morgan fingerprint density at radius 1 is 1.18 bits per heavy atom. The predicted molar refractivity (Wildman–Crippen MR) is 124 cm³/mol. The second-order valence-electron chi connectivity index (χ2n) is 9.01. The van der Waals surface area contributed by atoms with Gasteiger partial charge >= 0.3 is 0 Å². The Morgan fingerprint density at radius 2 is 1.94 bits per heavy atom. The van der Waals surface area contributed by atoms with Crippen LogP contribution in [0.1, 0.15) is 44.7 Å². The molecule has 4 rings (SSSR count). The molecule has 0 saturated carbocycles. The Kier molecular flexibility index (Phi) is 6.05. The zero-order valence-corrected chi connectivity index (χ0v) is 20.1. The summed E-state index contributed by atoms with van der Waals surface area (Å²) in [4.78, 5) is 14.4. The summed E-state index contributed by atoms with van der Waals surface area (Å²) in [6, 6.07) is 10.7. The molecule has 1 amide bonds. The van der Waals surface area contributed by atoms with Gasteiger partial charge in [0.15, 0.2) is 0 Å². The first-order valence-electron chi connectivity index (χ1n) is 11.0. The molecule has 0 aliphatic carbocycles. The monoisotopic (exact) mass is 474 g/mol. The molecule has 0 spiro atoms. The molecular formula is C24H30N2O6S. The van der Waals surface area contributed by atoms with Crippen molar-refractivity contribution in [3.63, 3.8) is 0 Å². The summed E-state index contributed by atoms with van der Waals surface area (Å²) in [5, 5.41) is 11.2. The van der Waals surface area contributed by atoms with Crippen LogP contribution in [-0.2, 0) is 14.8 Å². The molecule has 2 aromatic carbocycles. The van der Waals surface area contributed by atoms with Gasteiger partial charge in [0.25, 0.3) is 10.0 Å². The average molecular weight is 475 g/mol. The molecule has 8 nitrogen and oxygen atoms in total. The lowest BCUT2D eigenvalue weighted by atomic mass is 9.84. The lowest BCUT2D eigenvalue weighted by Gasteiger charge is -2.47. The molecular weight excluding hydrogens is 444 g/mol. The van der Waals surface area contributed by atoms with E-state index in [9.17, 15) is 18.3 Å². The first kappa shape index (κ1) is 23.4. The lowest BCUT2D eigenvalue weighted by Crippen LogP contribution is -2.55. The number of methoxy groups -OCH3 is 1.